The molecule has 2 saturated heterocycles. The average Bonchev–Trinajstić information content (AvgIpc) is 2.82. The van der Waals surface area contributed by atoms with Crippen LogP contribution in [0.25, 0.3) is 0 Å². The molecule has 6 heteroatoms. The van der Waals surface area contributed by atoms with Crippen LogP contribution in [0.5, 0.6) is 0 Å². The molecule has 3 fully saturated rings. The molecule has 3 rings (SSSR count). The summed E-state index contributed by atoms with van der Waals surface area (Å²) in [5, 5.41) is 0. The van der Waals surface area contributed by atoms with Crippen molar-refractivity contribution in [1.29, 1.82) is 0 Å². The minimum absolute atomic E-state index is 0.0874. The van der Waals surface area contributed by atoms with Gasteiger partial charge in [0.25, 0.3) is 0 Å². The fourth-order valence-electron chi connectivity index (χ4n) is 3.58. The summed E-state index contributed by atoms with van der Waals surface area (Å²) < 4.78 is 22.2. The Kier molecular flexibility index (Phi) is 3.15. The normalized spacial score (nSPS) is 45.9. The lowest BCUT2D eigenvalue weighted by molar-refractivity contribution is -0.217. The van der Waals surface area contributed by atoms with E-state index in [0.29, 0.717) is 6.42 Å². The molecule has 1 aliphatic carbocycles. The molecule has 1 saturated carbocycles. The van der Waals surface area contributed by atoms with E-state index >= 15 is 0 Å². The maximum Gasteiger partial charge on any atom is 0.316 e. The van der Waals surface area contributed by atoms with E-state index in [2.05, 4.69) is 0 Å². The molecule has 6 nitrogen and oxygen atoms in total. The van der Waals surface area contributed by atoms with E-state index in [4.69, 9.17) is 18.9 Å². The molecular formula is C14H20O6. The Labute approximate surface area is 117 Å². The number of ether oxygens (including phenoxy) is 4. The van der Waals surface area contributed by atoms with Gasteiger partial charge in [0.05, 0.1) is 13.2 Å². The van der Waals surface area contributed by atoms with E-state index in [9.17, 15) is 9.59 Å². The zero-order chi connectivity index (χ0) is 14.7. The molecule has 0 radical (unpaired) electrons. The Bertz CT molecular complexity index is 445. The van der Waals surface area contributed by atoms with Gasteiger partial charge in [-0.15, -0.1) is 0 Å². The number of carbonyl (C=O) groups excluding carboxylic acids is 2. The van der Waals surface area contributed by atoms with Crippen molar-refractivity contribution in [1.82, 2.24) is 0 Å². The van der Waals surface area contributed by atoms with Crippen LogP contribution in [-0.2, 0) is 28.5 Å². The number of hydrogen-bond acceptors (Lipinski definition) is 6. The van der Waals surface area contributed by atoms with E-state index < -0.39 is 30.1 Å². The second-order valence-electron chi connectivity index (χ2n) is 6.26. The summed E-state index contributed by atoms with van der Waals surface area (Å²) in [6, 6.07) is 0. The van der Waals surface area contributed by atoms with Crippen LogP contribution in [0.3, 0.4) is 0 Å². The van der Waals surface area contributed by atoms with E-state index in [1.54, 1.807) is 13.8 Å². The first-order chi connectivity index (χ1) is 9.34. The third kappa shape index (κ3) is 1.98. The van der Waals surface area contributed by atoms with E-state index in [0.717, 1.165) is 0 Å². The first kappa shape index (κ1) is 14.0. The predicted molar refractivity (Wildman–Crippen MR) is 66.5 cm³/mol. The van der Waals surface area contributed by atoms with Crippen LogP contribution in [-0.4, -0.2) is 43.1 Å². The SMILES string of the molecule is COC(=O)[C@H]1C(=O)[C@@H](C)C[C@H]2O[C@@H]3OC(C)(C)O[C@@H]3[C@H]12. The molecule has 0 aromatic heterocycles. The average molecular weight is 284 g/mol. The lowest BCUT2D eigenvalue weighted by Crippen LogP contribution is -2.49. The molecule has 20 heavy (non-hydrogen) atoms. The monoisotopic (exact) mass is 284 g/mol. The third-order valence-corrected chi connectivity index (χ3v) is 4.42. The summed E-state index contributed by atoms with van der Waals surface area (Å²) in [7, 11) is 1.30. The van der Waals surface area contributed by atoms with Crippen molar-refractivity contribution < 1.29 is 28.5 Å². The molecule has 0 aromatic carbocycles. The molecule has 3 aliphatic rings. The van der Waals surface area contributed by atoms with E-state index in [-0.39, 0.29) is 23.7 Å². The van der Waals surface area contributed by atoms with Crippen molar-refractivity contribution >= 4 is 11.8 Å². The van der Waals surface area contributed by atoms with Crippen LogP contribution < -0.4 is 0 Å². The minimum atomic E-state index is -0.818. The topological polar surface area (TPSA) is 71.1 Å². The largest absolute Gasteiger partial charge is 0.468 e. The number of hydrogen-bond donors (Lipinski definition) is 0. The van der Waals surface area contributed by atoms with Gasteiger partial charge in [0.2, 0.25) is 0 Å². The van der Waals surface area contributed by atoms with Crippen LogP contribution in [0.15, 0.2) is 0 Å². The van der Waals surface area contributed by atoms with Crippen molar-refractivity contribution in [2.24, 2.45) is 17.8 Å². The Hall–Kier alpha value is -0.980. The van der Waals surface area contributed by atoms with Crippen molar-refractivity contribution in [3.8, 4) is 0 Å². The first-order valence-electron chi connectivity index (χ1n) is 6.96. The van der Waals surface area contributed by atoms with Gasteiger partial charge in [-0.1, -0.05) is 6.92 Å². The number of Topliss-reactive ketones (excluding diaryl/α,β-unsaturated/α-hetero) is 1. The van der Waals surface area contributed by atoms with Gasteiger partial charge in [0.15, 0.2) is 12.1 Å². The summed E-state index contributed by atoms with van der Waals surface area (Å²) in [5.74, 6) is -2.70. The molecule has 112 valence electrons. The molecule has 6 atom stereocenters. The minimum Gasteiger partial charge on any atom is -0.468 e. The van der Waals surface area contributed by atoms with Gasteiger partial charge < -0.3 is 18.9 Å². The quantitative estimate of drug-likeness (QED) is 0.526. The van der Waals surface area contributed by atoms with Gasteiger partial charge in [-0.25, -0.2) is 0 Å². The van der Waals surface area contributed by atoms with Crippen molar-refractivity contribution in [2.45, 2.75) is 51.5 Å². The summed E-state index contributed by atoms with van der Waals surface area (Å²) in [6.45, 7) is 5.41. The fourth-order valence-corrected chi connectivity index (χ4v) is 3.58. The summed E-state index contributed by atoms with van der Waals surface area (Å²) in [5.41, 5.74) is 0. The molecule has 0 N–H and O–H groups in total. The molecular weight excluding hydrogens is 264 g/mol. The van der Waals surface area contributed by atoms with Gasteiger partial charge in [0.1, 0.15) is 17.8 Å². The summed E-state index contributed by atoms with van der Waals surface area (Å²) in [6.07, 6.45) is -0.504. The maximum atomic E-state index is 12.4. The fraction of sp³-hybridized carbons (Fsp3) is 0.857. The zero-order valence-electron chi connectivity index (χ0n) is 12.1. The van der Waals surface area contributed by atoms with Gasteiger partial charge in [-0.3, -0.25) is 9.59 Å². The number of rotatable bonds is 1. The molecule has 2 heterocycles. The van der Waals surface area contributed by atoms with Crippen molar-refractivity contribution in [2.75, 3.05) is 7.11 Å². The Morgan fingerprint density at radius 1 is 1.35 bits per heavy atom. The highest BCUT2D eigenvalue weighted by molar-refractivity contribution is 6.01. The van der Waals surface area contributed by atoms with Crippen LogP contribution in [0, 0.1) is 17.8 Å². The number of esters is 1. The summed E-state index contributed by atoms with van der Waals surface area (Å²) in [4.78, 5) is 24.4. The van der Waals surface area contributed by atoms with Gasteiger partial charge in [-0.05, 0) is 20.3 Å². The van der Waals surface area contributed by atoms with Crippen LogP contribution in [0.2, 0.25) is 0 Å². The first-order valence-corrected chi connectivity index (χ1v) is 6.96. The predicted octanol–water partition coefficient (Wildman–Crippen LogP) is 0.877. The molecule has 2 aliphatic heterocycles. The lowest BCUT2D eigenvalue weighted by Gasteiger charge is -2.35. The Morgan fingerprint density at radius 2 is 2.05 bits per heavy atom. The van der Waals surface area contributed by atoms with E-state index in [1.165, 1.54) is 7.11 Å². The standard InChI is InChI=1S/C14H20O6/c1-6-5-7-8(9(10(6)15)12(16)17-4)11-13(18-7)20-14(2,3)19-11/h6-9,11,13H,5H2,1-4H3/t6-,7+,8-,9+,11+,13+/m0/s1. The molecule has 0 amide bonds. The third-order valence-electron chi connectivity index (χ3n) is 4.42. The van der Waals surface area contributed by atoms with Crippen molar-refractivity contribution in [3.05, 3.63) is 0 Å². The van der Waals surface area contributed by atoms with Gasteiger partial charge in [0, 0.05) is 11.8 Å². The zero-order valence-corrected chi connectivity index (χ0v) is 12.1. The lowest BCUT2D eigenvalue weighted by atomic mass is 9.70. The number of fused-ring (bicyclic) bond motifs is 3. The van der Waals surface area contributed by atoms with Gasteiger partial charge >= 0.3 is 5.97 Å². The van der Waals surface area contributed by atoms with Crippen LogP contribution >= 0.6 is 0 Å². The Morgan fingerprint density at radius 3 is 2.70 bits per heavy atom. The molecule has 0 spiro atoms. The second kappa shape index (κ2) is 4.51. The van der Waals surface area contributed by atoms with Crippen molar-refractivity contribution in [3.63, 3.8) is 0 Å². The second-order valence-corrected chi connectivity index (χ2v) is 6.26. The van der Waals surface area contributed by atoms with Crippen LogP contribution in [0.1, 0.15) is 27.2 Å². The highest BCUT2D eigenvalue weighted by Gasteiger charge is 2.62. The van der Waals surface area contributed by atoms with Gasteiger partial charge in [-0.2, -0.15) is 0 Å². The number of carbonyl (C=O) groups is 2. The summed E-state index contributed by atoms with van der Waals surface area (Å²) >= 11 is 0. The highest BCUT2D eigenvalue weighted by Crippen LogP contribution is 2.48. The molecule has 0 bridgehead atoms. The maximum absolute atomic E-state index is 12.4. The van der Waals surface area contributed by atoms with Crippen LogP contribution in [0.4, 0.5) is 0 Å². The molecule has 0 aromatic rings. The number of ketones is 1. The molecule has 0 unspecified atom stereocenters. The number of methoxy groups -OCH3 is 1. The Balaban J connectivity index is 1.92. The van der Waals surface area contributed by atoms with E-state index in [1.807, 2.05) is 6.92 Å². The highest BCUT2D eigenvalue weighted by atomic mass is 16.8. The smallest absolute Gasteiger partial charge is 0.316 e.